The average molecular weight is 495 g/mol. The summed E-state index contributed by atoms with van der Waals surface area (Å²) < 4.78 is 2.14. The molecule has 35 heavy (non-hydrogen) atoms. The fourth-order valence-electron chi connectivity index (χ4n) is 7.45. The second-order valence-electron chi connectivity index (χ2n) is 11.3. The molecule has 4 saturated carbocycles. The minimum Gasteiger partial charge on any atom is -0.333 e. The Morgan fingerprint density at radius 2 is 1.80 bits per heavy atom. The van der Waals surface area contributed by atoms with Crippen molar-refractivity contribution < 1.29 is 4.79 Å². The van der Waals surface area contributed by atoms with Crippen molar-refractivity contribution in [2.75, 3.05) is 13.1 Å². The fraction of sp³-hybridized carbons (Fsp3) is 0.593. The van der Waals surface area contributed by atoms with Crippen LogP contribution in [0, 0.1) is 29.1 Å². The number of carbonyl (C=O) groups is 1. The van der Waals surface area contributed by atoms with Gasteiger partial charge in [0.1, 0.15) is 0 Å². The maximum absolute atomic E-state index is 13.2. The number of nitrogens with zero attached hydrogens (tertiary/aromatic N) is 4. The van der Waals surface area contributed by atoms with Crippen molar-refractivity contribution in [3.05, 3.63) is 53.6 Å². The minimum atomic E-state index is 0. The van der Waals surface area contributed by atoms with Gasteiger partial charge in [-0.15, -0.1) is 12.4 Å². The molecule has 1 atom stereocenters. The van der Waals surface area contributed by atoms with Crippen LogP contribution >= 0.6 is 12.4 Å². The molecule has 1 aliphatic heterocycles. The van der Waals surface area contributed by atoms with Gasteiger partial charge in [-0.25, -0.2) is 9.78 Å². The van der Waals surface area contributed by atoms with Gasteiger partial charge in [-0.3, -0.25) is 0 Å². The molecule has 4 bridgehead atoms. The van der Waals surface area contributed by atoms with E-state index in [9.17, 15) is 4.79 Å². The van der Waals surface area contributed by atoms with Crippen molar-refractivity contribution in [3.8, 4) is 6.07 Å². The number of halogens is 1. The molecule has 5 aliphatic rings. The number of urea groups is 1. The fourth-order valence-corrected chi connectivity index (χ4v) is 7.45. The number of carbonyl (C=O) groups excluding carboxylic acids is 1. The highest BCUT2D eigenvalue weighted by Crippen LogP contribution is 2.55. The Labute approximate surface area is 213 Å². The normalized spacial score (nSPS) is 30.7. The second kappa shape index (κ2) is 9.83. The van der Waals surface area contributed by atoms with Crippen LogP contribution in [0.25, 0.3) is 0 Å². The summed E-state index contributed by atoms with van der Waals surface area (Å²) in [5.41, 5.74) is 3.02. The molecule has 4 aliphatic carbocycles. The van der Waals surface area contributed by atoms with E-state index >= 15 is 0 Å². The number of rotatable bonds is 6. The topological polar surface area (TPSA) is 86.0 Å². The van der Waals surface area contributed by atoms with Gasteiger partial charge in [0.05, 0.1) is 23.7 Å². The van der Waals surface area contributed by atoms with Gasteiger partial charge in [-0.1, -0.05) is 12.1 Å². The Morgan fingerprint density at radius 1 is 1.11 bits per heavy atom. The molecule has 1 aromatic heterocycles. The zero-order chi connectivity index (χ0) is 23.1. The Hall–Kier alpha value is -2.56. The Morgan fingerprint density at radius 3 is 2.46 bits per heavy atom. The smallest absolute Gasteiger partial charge is 0.317 e. The molecule has 0 radical (unpaired) electrons. The summed E-state index contributed by atoms with van der Waals surface area (Å²) in [7, 11) is 0. The summed E-state index contributed by atoms with van der Waals surface area (Å²) in [4.78, 5) is 19.5. The van der Waals surface area contributed by atoms with Gasteiger partial charge in [0.2, 0.25) is 0 Å². The highest BCUT2D eigenvalue weighted by Gasteiger charge is 2.52. The lowest BCUT2D eigenvalue weighted by Crippen LogP contribution is -2.61. The number of nitrogens with one attached hydrogen (secondary N) is 2. The molecule has 186 valence electrons. The molecule has 7 rings (SSSR count). The molecule has 0 unspecified atom stereocenters. The van der Waals surface area contributed by atoms with E-state index in [4.69, 9.17) is 5.26 Å². The van der Waals surface area contributed by atoms with Gasteiger partial charge < -0.3 is 20.1 Å². The zero-order valence-corrected chi connectivity index (χ0v) is 21.0. The van der Waals surface area contributed by atoms with Gasteiger partial charge in [0.25, 0.3) is 0 Å². The standard InChI is InChI=1S/C27H34N6O.ClH/c28-13-19-1-3-20(4-2-19)16-33-18-29-14-25(33)15-30-24-5-6-32(17-24)26(34)31-27-10-21-7-22(11-27)9-23(8-21)12-27;/h1-4,14,18,21-24,30H,5-12,15-17H2,(H,31,34);1H/t21?,22?,23?,24-,27?;/m0./s1. The summed E-state index contributed by atoms with van der Waals surface area (Å²) in [5.74, 6) is 2.52. The molecule has 2 heterocycles. The van der Waals surface area contributed by atoms with Crippen LogP contribution in [0.1, 0.15) is 61.8 Å². The predicted octanol–water partition coefficient (Wildman–Crippen LogP) is 4.07. The third-order valence-electron chi connectivity index (χ3n) is 8.69. The number of amides is 2. The van der Waals surface area contributed by atoms with Crippen LogP contribution < -0.4 is 10.6 Å². The highest BCUT2D eigenvalue weighted by atomic mass is 35.5. The first-order valence-corrected chi connectivity index (χ1v) is 12.9. The van der Waals surface area contributed by atoms with Crippen molar-refractivity contribution in [3.63, 3.8) is 0 Å². The molecule has 2 aromatic rings. The Balaban J connectivity index is 0.00000253. The Kier molecular flexibility index (Phi) is 6.78. The number of imidazole rings is 1. The van der Waals surface area contributed by atoms with Gasteiger partial charge in [-0.05, 0) is 80.4 Å². The van der Waals surface area contributed by atoms with Crippen molar-refractivity contribution in [2.45, 2.75) is 69.6 Å². The average Bonchev–Trinajstić information content (AvgIpc) is 3.46. The number of benzene rings is 1. The molecular formula is C27H35ClN6O. The molecular weight excluding hydrogens is 460 g/mol. The maximum Gasteiger partial charge on any atom is 0.317 e. The van der Waals surface area contributed by atoms with Crippen molar-refractivity contribution in [1.82, 2.24) is 25.1 Å². The molecule has 5 fully saturated rings. The SMILES string of the molecule is Cl.N#Cc1ccc(Cn2cncc2CN[C@H]2CCN(C(=O)NC34CC5CC(CC(C5)C3)C4)C2)cc1. The van der Waals surface area contributed by atoms with E-state index in [0.717, 1.165) is 61.6 Å². The monoisotopic (exact) mass is 494 g/mol. The van der Waals surface area contributed by atoms with E-state index in [2.05, 4.69) is 26.3 Å². The third kappa shape index (κ3) is 5.05. The van der Waals surface area contributed by atoms with E-state index < -0.39 is 0 Å². The van der Waals surface area contributed by atoms with Crippen LogP contribution in [-0.4, -0.2) is 45.2 Å². The molecule has 0 spiro atoms. The lowest BCUT2D eigenvalue weighted by molar-refractivity contribution is -0.0153. The molecule has 2 N–H and O–H groups in total. The van der Waals surface area contributed by atoms with Crippen LogP contribution in [0.5, 0.6) is 0 Å². The van der Waals surface area contributed by atoms with E-state index in [-0.39, 0.29) is 24.0 Å². The van der Waals surface area contributed by atoms with Gasteiger partial charge in [-0.2, -0.15) is 5.26 Å². The summed E-state index contributed by atoms with van der Waals surface area (Å²) in [6, 6.07) is 10.3. The largest absolute Gasteiger partial charge is 0.333 e. The van der Waals surface area contributed by atoms with Crippen molar-refractivity contribution in [1.29, 1.82) is 5.26 Å². The van der Waals surface area contributed by atoms with Gasteiger partial charge in [0.15, 0.2) is 0 Å². The van der Waals surface area contributed by atoms with Crippen LogP contribution in [0.3, 0.4) is 0 Å². The first kappa shape index (κ1) is 24.1. The minimum absolute atomic E-state index is 0. The maximum atomic E-state index is 13.2. The highest BCUT2D eigenvalue weighted by molar-refractivity contribution is 5.85. The molecule has 1 aromatic carbocycles. The van der Waals surface area contributed by atoms with Crippen molar-refractivity contribution >= 4 is 18.4 Å². The van der Waals surface area contributed by atoms with Crippen molar-refractivity contribution in [2.24, 2.45) is 17.8 Å². The molecule has 8 heteroatoms. The van der Waals surface area contributed by atoms with E-state index in [0.29, 0.717) is 11.6 Å². The van der Waals surface area contributed by atoms with Gasteiger partial charge in [0, 0.05) is 44.0 Å². The first-order valence-electron chi connectivity index (χ1n) is 12.9. The number of hydrogen-bond donors (Lipinski definition) is 2. The predicted molar refractivity (Wildman–Crippen MR) is 136 cm³/mol. The van der Waals surface area contributed by atoms with Crippen LogP contribution in [-0.2, 0) is 13.1 Å². The molecule has 2 amide bonds. The summed E-state index contributed by atoms with van der Waals surface area (Å²) in [5, 5.41) is 16.2. The van der Waals surface area contributed by atoms with E-state index in [1.807, 2.05) is 41.7 Å². The quantitative estimate of drug-likeness (QED) is 0.634. The second-order valence-corrected chi connectivity index (χ2v) is 11.3. The lowest BCUT2D eigenvalue weighted by Gasteiger charge is -2.57. The van der Waals surface area contributed by atoms with Gasteiger partial charge >= 0.3 is 6.03 Å². The summed E-state index contributed by atoms with van der Waals surface area (Å²) in [6.07, 6.45) is 12.5. The summed E-state index contributed by atoms with van der Waals surface area (Å²) >= 11 is 0. The van der Waals surface area contributed by atoms with Crippen LogP contribution in [0.4, 0.5) is 4.79 Å². The molecule has 1 saturated heterocycles. The third-order valence-corrected chi connectivity index (χ3v) is 8.69. The first-order chi connectivity index (χ1) is 16.6. The number of likely N-dealkylation sites (tertiary alicyclic amines) is 1. The van der Waals surface area contributed by atoms with Crippen LogP contribution in [0.15, 0.2) is 36.8 Å². The number of hydrogen-bond acceptors (Lipinski definition) is 4. The summed E-state index contributed by atoms with van der Waals surface area (Å²) in [6.45, 7) is 3.04. The van der Waals surface area contributed by atoms with E-state index in [1.165, 1.54) is 38.5 Å². The number of nitriles is 1. The number of aromatic nitrogens is 2. The van der Waals surface area contributed by atoms with Crippen LogP contribution in [0.2, 0.25) is 0 Å². The lowest BCUT2D eigenvalue weighted by atomic mass is 9.53. The Bertz CT molecular complexity index is 1050. The zero-order valence-electron chi connectivity index (χ0n) is 20.2. The molecule has 7 nitrogen and oxygen atoms in total. The van der Waals surface area contributed by atoms with E-state index in [1.54, 1.807) is 0 Å².